The molecule has 0 heterocycles. The van der Waals surface area contributed by atoms with Crippen molar-refractivity contribution in [2.45, 2.75) is 104 Å². The standard InChI is InChI=1S/C29H42O3/c1-4-6-8-10-15-21-29(22-19-26(20-23-29)25-16-12-11-13-17-25)28(31)32-24(3)27(30)18-14-9-7-5-2/h11-13,16-17,19-20,22,24H,4-10,14-15,18,21,23H2,1-3H3. The minimum absolute atomic E-state index is 0.0351. The number of allylic oxidation sites excluding steroid dienone is 3. The van der Waals surface area contributed by atoms with Crippen LogP contribution >= 0.6 is 0 Å². The number of carbonyl (C=O) groups is 2. The summed E-state index contributed by atoms with van der Waals surface area (Å²) in [5.74, 6) is -0.213. The first-order valence-electron chi connectivity index (χ1n) is 12.7. The van der Waals surface area contributed by atoms with Crippen LogP contribution in [-0.2, 0) is 14.3 Å². The largest absolute Gasteiger partial charge is 0.454 e. The van der Waals surface area contributed by atoms with E-state index in [1.54, 1.807) is 6.92 Å². The second-order valence-electron chi connectivity index (χ2n) is 9.21. The summed E-state index contributed by atoms with van der Waals surface area (Å²) in [4.78, 5) is 25.8. The summed E-state index contributed by atoms with van der Waals surface area (Å²) in [6, 6.07) is 10.2. The Labute approximate surface area is 195 Å². The van der Waals surface area contributed by atoms with Crippen LogP contribution in [0.5, 0.6) is 0 Å². The Morgan fingerprint density at radius 2 is 1.59 bits per heavy atom. The number of carbonyl (C=O) groups excluding carboxylic acids is 2. The molecule has 176 valence electrons. The summed E-state index contributed by atoms with van der Waals surface area (Å²) >= 11 is 0. The van der Waals surface area contributed by atoms with Gasteiger partial charge in [-0.15, -0.1) is 0 Å². The van der Waals surface area contributed by atoms with Gasteiger partial charge in [0.05, 0.1) is 5.41 Å². The highest BCUT2D eigenvalue weighted by Crippen LogP contribution is 2.39. The number of Topliss-reactive ketones (excluding diaryl/α,β-unsaturated/α-hetero) is 1. The number of rotatable bonds is 15. The maximum absolute atomic E-state index is 13.3. The SMILES string of the molecule is CCCCCCCC1(C(=O)OC(C)C(=O)CCCCCC)C=CC(c2ccccc2)=CC1. The third kappa shape index (κ3) is 8.07. The van der Waals surface area contributed by atoms with Crippen molar-refractivity contribution in [3.63, 3.8) is 0 Å². The highest BCUT2D eigenvalue weighted by atomic mass is 16.5. The van der Waals surface area contributed by atoms with Crippen LogP contribution in [0.2, 0.25) is 0 Å². The van der Waals surface area contributed by atoms with Crippen LogP contribution in [0.25, 0.3) is 5.57 Å². The maximum Gasteiger partial charge on any atom is 0.316 e. The minimum Gasteiger partial charge on any atom is -0.454 e. The van der Waals surface area contributed by atoms with E-state index in [1.165, 1.54) is 19.3 Å². The Morgan fingerprint density at radius 3 is 2.22 bits per heavy atom. The summed E-state index contributed by atoms with van der Waals surface area (Å²) in [5.41, 5.74) is 1.63. The fraction of sp³-hybridized carbons (Fsp3) is 0.586. The summed E-state index contributed by atoms with van der Waals surface area (Å²) in [7, 11) is 0. The quantitative estimate of drug-likeness (QED) is 0.207. The molecule has 0 spiro atoms. The molecule has 2 atom stereocenters. The molecule has 1 aliphatic rings. The molecular weight excluding hydrogens is 396 g/mol. The number of esters is 1. The first kappa shape index (κ1) is 26.1. The van der Waals surface area contributed by atoms with E-state index in [2.05, 4.69) is 38.1 Å². The smallest absolute Gasteiger partial charge is 0.316 e. The molecule has 2 rings (SSSR count). The molecule has 0 aliphatic heterocycles. The highest BCUT2D eigenvalue weighted by Gasteiger charge is 2.39. The van der Waals surface area contributed by atoms with Gasteiger partial charge in [0.25, 0.3) is 0 Å². The molecule has 1 aromatic rings. The van der Waals surface area contributed by atoms with Crippen LogP contribution in [0.3, 0.4) is 0 Å². The predicted octanol–water partition coefficient (Wildman–Crippen LogP) is 7.85. The van der Waals surface area contributed by atoms with Crippen LogP contribution in [0.1, 0.15) is 103 Å². The van der Waals surface area contributed by atoms with E-state index in [-0.39, 0.29) is 11.8 Å². The van der Waals surface area contributed by atoms with Crippen LogP contribution < -0.4 is 0 Å². The molecule has 0 saturated heterocycles. The van der Waals surface area contributed by atoms with E-state index in [0.717, 1.165) is 56.1 Å². The van der Waals surface area contributed by atoms with Gasteiger partial charge in [0.15, 0.2) is 11.9 Å². The zero-order valence-corrected chi connectivity index (χ0v) is 20.4. The summed E-state index contributed by atoms with van der Waals surface area (Å²) in [6.07, 6.45) is 17.4. The number of hydrogen-bond acceptors (Lipinski definition) is 3. The highest BCUT2D eigenvalue weighted by molar-refractivity contribution is 5.88. The van der Waals surface area contributed by atoms with Crippen molar-refractivity contribution in [3.8, 4) is 0 Å². The van der Waals surface area contributed by atoms with Crippen molar-refractivity contribution < 1.29 is 14.3 Å². The topological polar surface area (TPSA) is 43.4 Å². The van der Waals surface area contributed by atoms with Gasteiger partial charge in [-0.3, -0.25) is 9.59 Å². The van der Waals surface area contributed by atoms with Gasteiger partial charge in [0.1, 0.15) is 0 Å². The molecule has 1 aromatic carbocycles. The Balaban J connectivity index is 2.03. The predicted molar refractivity (Wildman–Crippen MR) is 133 cm³/mol. The van der Waals surface area contributed by atoms with Crippen molar-refractivity contribution in [2.75, 3.05) is 0 Å². The van der Waals surface area contributed by atoms with E-state index in [1.807, 2.05) is 24.3 Å². The molecule has 0 saturated carbocycles. The van der Waals surface area contributed by atoms with Gasteiger partial charge in [-0.25, -0.2) is 0 Å². The van der Waals surface area contributed by atoms with Crippen LogP contribution in [0.15, 0.2) is 48.6 Å². The van der Waals surface area contributed by atoms with E-state index >= 15 is 0 Å². The molecule has 0 amide bonds. The molecule has 0 bridgehead atoms. The fourth-order valence-electron chi connectivity index (χ4n) is 4.28. The van der Waals surface area contributed by atoms with Crippen molar-refractivity contribution in [1.29, 1.82) is 0 Å². The van der Waals surface area contributed by atoms with Crippen LogP contribution in [-0.4, -0.2) is 17.9 Å². The minimum atomic E-state index is -0.672. The molecule has 0 N–H and O–H groups in total. The lowest BCUT2D eigenvalue weighted by atomic mass is 9.75. The molecule has 1 aliphatic carbocycles. The molecule has 3 heteroatoms. The second-order valence-corrected chi connectivity index (χ2v) is 9.21. The van der Waals surface area contributed by atoms with Gasteiger partial charge in [-0.2, -0.15) is 0 Å². The maximum atomic E-state index is 13.3. The van der Waals surface area contributed by atoms with E-state index in [9.17, 15) is 9.59 Å². The Kier molecular flexibility index (Phi) is 11.5. The lowest BCUT2D eigenvalue weighted by Gasteiger charge is -2.31. The normalized spacial score (nSPS) is 18.8. The molecule has 32 heavy (non-hydrogen) atoms. The Morgan fingerprint density at radius 1 is 0.938 bits per heavy atom. The Bertz CT molecular complexity index is 762. The zero-order chi connectivity index (χ0) is 23.2. The number of ether oxygens (including phenoxy) is 1. The van der Waals surface area contributed by atoms with Crippen LogP contribution in [0.4, 0.5) is 0 Å². The van der Waals surface area contributed by atoms with E-state index in [0.29, 0.717) is 12.8 Å². The third-order valence-corrected chi connectivity index (χ3v) is 6.52. The average Bonchev–Trinajstić information content (AvgIpc) is 2.82. The third-order valence-electron chi connectivity index (χ3n) is 6.52. The zero-order valence-electron chi connectivity index (χ0n) is 20.4. The van der Waals surface area contributed by atoms with Crippen molar-refractivity contribution >= 4 is 17.3 Å². The number of benzene rings is 1. The lowest BCUT2D eigenvalue weighted by molar-refractivity contribution is -0.162. The molecule has 2 unspecified atom stereocenters. The number of hydrogen-bond donors (Lipinski definition) is 0. The van der Waals surface area contributed by atoms with Gasteiger partial charge < -0.3 is 4.74 Å². The first-order chi connectivity index (χ1) is 15.5. The monoisotopic (exact) mass is 438 g/mol. The molecule has 0 fully saturated rings. The average molecular weight is 439 g/mol. The van der Waals surface area contributed by atoms with Crippen molar-refractivity contribution in [1.82, 2.24) is 0 Å². The van der Waals surface area contributed by atoms with Gasteiger partial charge >= 0.3 is 5.97 Å². The summed E-state index contributed by atoms with van der Waals surface area (Å²) < 4.78 is 5.76. The Hall–Kier alpha value is -2.16. The van der Waals surface area contributed by atoms with Gasteiger partial charge in [-0.05, 0) is 37.3 Å². The van der Waals surface area contributed by atoms with Crippen molar-refractivity contribution in [2.24, 2.45) is 5.41 Å². The molecule has 0 radical (unpaired) electrons. The van der Waals surface area contributed by atoms with Gasteiger partial charge in [0.2, 0.25) is 0 Å². The van der Waals surface area contributed by atoms with Crippen LogP contribution in [0, 0.1) is 5.41 Å². The van der Waals surface area contributed by atoms with Gasteiger partial charge in [0, 0.05) is 6.42 Å². The molecule has 0 aromatic heterocycles. The number of unbranched alkanes of at least 4 members (excludes halogenated alkanes) is 7. The summed E-state index contributed by atoms with van der Waals surface area (Å²) in [5, 5.41) is 0. The fourth-order valence-corrected chi connectivity index (χ4v) is 4.28. The van der Waals surface area contributed by atoms with E-state index < -0.39 is 11.5 Å². The van der Waals surface area contributed by atoms with E-state index in [4.69, 9.17) is 4.74 Å². The van der Waals surface area contributed by atoms with Gasteiger partial charge in [-0.1, -0.05) is 114 Å². The second kappa shape index (κ2) is 14.1. The molecule has 3 nitrogen and oxygen atoms in total. The van der Waals surface area contributed by atoms with Crippen molar-refractivity contribution in [3.05, 3.63) is 54.1 Å². The number of ketones is 1. The first-order valence-corrected chi connectivity index (χ1v) is 12.7. The molecular formula is C29H42O3. The summed E-state index contributed by atoms with van der Waals surface area (Å²) in [6.45, 7) is 6.09. The lowest BCUT2D eigenvalue weighted by Crippen LogP contribution is -2.36.